The van der Waals surface area contributed by atoms with Crippen molar-refractivity contribution in [3.8, 4) is 5.88 Å². The van der Waals surface area contributed by atoms with Gasteiger partial charge in [0.15, 0.2) is 11.5 Å². The Morgan fingerprint density at radius 2 is 2.17 bits per heavy atom. The normalized spacial score (nSPS) is 21.3. The third-order valence-electron chi connectivity index (χ3n) is 3.70. The summed E-state index contributed by atoms with van der Waals surface area (Å²) >= 11 is 0. The van der Waals surface area contributed by atoms with Crippen LogP contribution in [0.15, 0.2) is 18.2 Å². The summed E-state index contributed by atoms with van der Waals surface area (Å²) in [4.78, 5) is 2.35. The summed E-state index contributed by atoms with van der Waals surface area (Å²) in [5.74, 6) is 1.79. The van der Waals surface area contributed by atoms with E-state index in [2.05, 4.69) is 22.1 Å². The van der Waals surface area contributed by atoms with Crippen molar-refractivity contribution in [2.75, 3.05) is 20.7 Å². The van der Waals surface area contributed by atoms with Gasteiger partial charge in [0.25, 0.3) is 0 Å². The molecule has 2 aromatic rings. The monoisotopic (exact) mass is 246 g/mol. The highest BCUT2D eigenvalue weighted by Crippen LogP contribution is 2.30. The number of ether oxygens (including phenoxy) is 1. The van der Waals surface area contributed by atoms with E-state index in [4.69, 9.17) is 4.74 Å². The average molecular weight is 246 g/mol. The summed E-state index contributed by atoms with van der Waals surface area (Å²) in [6.45, 7) is 1.12. The van der Waals surface area contributed by atoms with Gasteiger partial charge in [-0.2, -0.15) is 0 Å². The molecule has 1 aliphatic heterocycles. The van der Waals surface area contributed by atoms with E-state index < -0.39 is 0 Å². The summed E-state index contributed by atoms with van der Waals surface area (Å²) in [7, 11) is 3.84. The molecular weight excluding hydrogens is 228 g/mol. The zero-order chi connectivity index (χ0) is 12.5. The van der Waals surface area contributed by atoms with Gasteiger partial charge in [-0.05, 0) is 38.6 Å². The Bertz CT molecular complexity index is 551. The third-order valence-corrected chi connectivity index (χ3v) is 3.70. The van der Waals surface area contributed by atoms with Crippen LogP contribution in [0.2, 0.25) is 0 Å². The largest absolute Gasteiger partial charge is 0.482 e. The Morgan fingerprint density at radius 3 is 2.94 bits per heavy atom. The Morgan fingerprint density at radius 1 is 1.28 bits per heavy atom. The lowest BCUT2D eigenvalue weighted by atomic mass is 10.0. The fourth-order valence-electron chi connectivity index (χ4n) is 2.71. The highest BCUT2D eigenvalue weighted by Gasteiger charge is 2.26. The van der Waals surface area contributed by atoms with Crippen LogP contribution in [0.3, 0.4) is 0 Å². The number of hydrogen-bond donors (Lipinski definition) is 0. The Labute approximate surface area is 106 Å². The first-order valence-corrected chi connectivity index (χ1v) is 6.39. The van der Waals surface area contributed by atoms with E-state index >= 15 is 0 Å². The molecule has 1 unspecified atom stereocenters. The quantitative estimate of drug-likeness (QED) is 0.811. The van der Waals surface area contributed by atoms with Crippen LogP contribution >= 0.6 is 0 Å². The maximum atomic E-state index is 5.42. The number of pyridine rings is 1. The van der Waals surface area contributed by atoms with Gasteiger partial charge in [0.1, 0.15) is 0 Å². The minimum Gasteiger partial charge on any atom is -0.482 e. The van der Waals surface area contributed by atoms with Gasteiger partial charge in [0.05, 0.1) is 13.2 Å². The molecule has 5 heteroatoms. The van der Waals surface area contributed by atoms with E-state index in [-0.39, 0.29) is 0 Å². The van der Waals surface area contributed by atoms with Gasteiger partial charge in [-0.1, -0.05) is 12.5 Å². The Kier molecular flexibility index (Phi) is 2.91. The summed E-state index contributed by atoms with van der Waals surface area (Å²) in [5, 5.41) is 8.61. The van der Waals surface area contributed by atoms with E-state index in [1.54, 1.807) is 7.11 Å². The maximum absolute atomic E-state index is 5.42. The molecule has 0 spiro atoms. The average Bonchev–Trinajstić information content (AvgIpc) is 2.83. The molecule has 0 radical (unpaired) electrons. The summed E-state index contributed by atoms with van der Waals surface area (Å²) in [6.07, 6.45) is 3.65. The van der Waals surface area contributed by atoms with Crippen molar-refractivity contribution >= 4 is 5.65 Å². The van der Waals surface area contributed by atoms with Gasteiger partial charge >= 0.3 is 0 Å². The highest BCUT2D eigenvalue weighted by molar-refractivity contribution is 5.42. The Hall–Kier alpha value is -1.62. The fraction of sp³-hybridized carbons (Fsp3) is 0.538. The number of fused-ring (bicyclic) bond motifs is 1. The van der Waals surface area contributed by atoms with Crippen LogP contribution in [0.25, 0.3) is 5.65 Å². The number of nitrogens with zero attached hydrogens (tertiary/aromatic N) is 4. The molecule has 5 nitrogen and oxygen atoms in total. The first kappa shape index (κ1) is 11.5. The number of rotatable bonds is 2. The van der Waals surface area contributed by atoms with Gasteiger partial charge in [0.2, 0.25) is 5.88 Å². The smallest absolute Gasteiger partial charge is 0.200 e. The summed E-state index contributed by atoms with van der Waals surface area (Å²) in [5.41, 5.74) is 0.850. The van der Waals surface area contributed by atoms with Crippen LogP contribution in [-0.4, -0.2) is 40.2 Å². The second-order valence-electron chi connectivity index (χ2n) is 4.81. The van der Waals surface area contributed by atoms with Crippen molar-refractivity contribution in [1.82, 2.24) is 19.5 Å². The lowest BCUT2D eigenvalue weighted by Crippen LogP contribution is -2.31. The molecule has 0 saturated carbocycles. The molecule has 1 atom stereocenters. The van der Waals surface area contributed by atoms with Gasteiger partial charge in [-0.25, -0.2) is 4.40 Å². The van der Waals surface area contributed by atoms with E-state index in [0.29, 0.717) is 6.04 Å². The molecular formula is C13H18N4O. The molecule has 1 saturated heterocycles. The molecule has 0 aromatic carbocycles. The minimum atomic E-state index is 0.338. The van der Waals surface area contributed by atoms with Crippen LogP contribution in [-0.2, 0) is 0 Å². The predicted octanol–water partition coefficient (Wildman–Crippen LogP) is 1.89. The van der Waals surface area contributed by atoms with Gasteiger partial charge in [0, 0.05) is 0 Å². The molecule has 3 heterocycles. The van der Waals surface area contributed by atoms with Gasteiger partial charge in [-0.15, -0.1) is 10.2 Å². The molecule has 3 rings (SSSR count). The summed E-state index contributed by atoms with van der Waals surface area (Å²) < 4.78 is 7.44. The minimum absolute atomic E-state index is 0.338. The molecule has 18 heavy (non-hydrogen) atoms. The van der Waals surface area contributed by atoms with Crippen molar-refractivity contribution in [2.45, 2.75) is 25.3 Å². The zero-order valence-electron chi connectivity index (χ0n) is 10.8. The lowest BCUT2D eigenvalue weighted by Gasteiger charge is -2.31. The second kappa shape index (κ2) is 4.57. The van der Waals surface area contributed by atoms with E-state index in [1.807, 2.05) is 22.6 Å². The molecule has 0 bridgehead atoms. The lowest BCUT2D eigenvalue weighted by molar-refractivity contribution is 0.177. The van der Waals surface area contributed by atoms with Crippen molar-refractivity contribution in [1.29, 1.82) is 0 Å². The summed E-state index contributed by atoms with van der Waals surface area (Å²) in [6, 6.07) is 6.19. The van der Waals surface area contributed by atoms with Crippen molar-refractivity contribution < 1.29 is 4.74 Å². The SMILES string of the molecule is COc1cccc2nnc(C3CCCCN3C)n12. The first-order chi connectivity index (χ1) is 8.81. The molecule has 1 aliphatic rings. The fourth-order valence-corrected chi connectivity index (χ4v) is 2.71. The van der Waals surface area contributed by atoms with E-state index in [9.17, 15) is 0 Å². The van der Waals surface area contributed by atoms with E-state index in [1.165, 1.54) is 12.8 Å². The number of aromatic nitrogens is 3. The van der Waals surface area contributed by atoms with Gasteiger partial charge in [-0.3, -0.25) is 4.90 Å². The number of likely N-dealkylation sites (tertiary alicyclic amines) is 1. The van der Waals surface area contributed by atoms with Crippen LogP contribution in [0.5, 0.6) is 5.88 Å². The maximum Gasteiger partial charge on any atom is 0.200 e. The van der Waals surface area contributed by atoms with Crippen LogP contribution in [0.1, 0.15) is 31.1 Å². The van der Waals surface area contributed by atoms with Gasteiger partial charge < -0.3 is 4.74 Å². The zero-order valence-corrected chi connectivity index (χ0v) is 10.8. The van der Waals surface area contributed by atoms with E-state index in [0.717, 1.165) is 30.3 Å². The number of methoxy groups -OCH3 is 1. The predicted molar refractivity (Wildman–Crippen MR) is 68.8 cm³/mol. The first-order valence-electron chi connectivity index (χ1n) is 6.39. The molecule has 96 valence electrons. The number of piperidine rings is 1. The molecule has 1 fully saturated rings. The third kappa shape index (κ3) is 1.75. The molecule has 2 aromatic heterocycles. The standard InChI is InChI=1S/C13H18N4O/c1-16-9-4-3-6-10(16)13-15-14-11-7-5-8-12(18-2)17(11)13/h5,7-8,10H,3-4,6,9H2,1-2H3. The second-order valence-corrected chi connectivity index (χ2v) is 4.81. The van der Waals surface area contributed by atoms with Crippen molar-refractivity contribution in [2.24, 2.45) is 0 Å². The molecule has 0 aliphatic carbocycles. The van der Waals surface area contributed by atoms with Crippen LogP contribution in [0.4, 0.5) is 0 Å². The molecule has 0 N–H and O–H groups in total. The van der Waals surface area contributed by atoms with Crippen molar-refractivity contribution in [3.05, 3.63) is 24.0 Å². The topological polar surface area (TPSA) is 42.7 Å². The number of hydrogen-bond acceptors (Lipinski definition) is 4. The van der Waals surface area contributed by atoms with Crippen LogP contribution in [0, 0.1) is 0 Å². The van der Waals surface area contributed by atoms with Crippen molar-refractivity contribution in [3.63, 3.8) is 0 Å². The highest BCUT2D eigenvalue weighted by atomic mass is 16.5. The Balaban J connectivity index is 2.11. The molecule has 0 amide bonds. The van der Waals surface area contributed by atoms with Crippen LogP contribution < -0.4 is 4.74 Å².